The van der Waals surface area contributed by atoms with E-state index < -0.39 is 28.2 Å². The number of rotatable bonds is 7. The van der Waals surface area contributed by atoms with E-state index >= 15 is 0 Å². The summed E-state index contributed by atoms with van der Waals surface area (Å²) in [6.45, 7) is -0.267. The van der Waals surface area contributed by atoms with Gasteiger partial charge in [0.1, 0.15) is 18.0 Å². The summed E-state index contributed by atoms with van der Waals surface area (Å²) < 4.78 is 24.7. The quantitative estimate of drug-likeness (QED) is 0.247. The van der Waals surface area contributed by atoms with E-state index in [9.17, 15) is 24.1 Å². The molecule has 2 amide bonds. The SMILES string of the molecule is COc1cc(C=C2C(=O)NN(c3ccccc3)C2=O)cc([N+](=O)[O-])c1OCc1ccccc1F. The van der Waals surface area contributed by atoms with Crippen LogP contribution in [0.1, 0.15) is 11.1 Å². The van der Waals surface area contributed by atoms with Gasteiger partial charge in [-0.05, 0) is 35.9 Å². The first-order valence-electron chi connectivity index (χ1n) is 10.0. The first kappa shape index (κ1) is 22.5. The zero-order valence-corrected chi connectivity index (χ0v) is 17.9. The van der Waals surface area contributed by atoms with Crippen molar-refractivity contribution < 1.29 is 28.4 Å². The van der Waals surface area contributed by atoms with Gasteiger partial charge in [0.2, 0.25) is 5.75 Å². The van der Waals surface area contributed by atoms with Crippen molar-refractivity contribution in [1.29, 1.82) is 0 Å². The topological polar surface area (TPSA) is 111 Å². The number of carbonyl (C=O) groups is 2. The summed E-state index contributed by atoms with van der Waals surface area (Å²) in [4.78, 5) is 36.3. The Bertz CT molecular complexity index is 1310. The second kappa shape index (κ2) is 9.41. The van der Waals surface area contributed by atoms with Crippen molar-refractivity contribution >= 4 is 29.3 Å². The maximum absolute atomic E-state index is 13.9. The fourth-order valence-corrected chi connectivity index (χ4v) is 3.37. The molecule has 0 atom stereocenters. The highest BCUT2D eigenvalue weighted by Gasteiger charge is 2.34. The predicted octanol–water partition coefficient (Wildman–Crippen LogP) is 3.78. The van der Waals surface area contributed by atoms with Gasteiger partial charge in [0.05, 0.1) is 17.7 Å². The molecule has 0 aliphatic carbocycles. The number of benzene rings is 3. The molecule has 0 saturated carbocycles. The van der Waals surface area contributed by atoms with Crippen LogP contribution in [-0.2, 0) is 16.2 Å². The number of nitrogens with one attached hydrogen (secondary N) is 1. The Morgan fingerprint density at radius 2 is 1.79 bits per heavy atom. The van der Waals surface area contributed by atoms with Gasteiger partial charge in [0.15, 0.2) is 5.75 Å². The summed E-state index contributed by atoms with van der Waals surface area (Å²) in [5, 5.41) is 12.8. The number of nitro groups is 1. The summed E-state index contributed by atoms with van der Waals surface area (Å²) in [5.74, 6) is -2.00. The number of hydrazine groups is 1. The van der Waals surface area contributed by atoms with Crippen LogP contribution in [0.3, 0.4) is 0 Å². The highest BCUT2D eigenvalue weighted by Crippen LogP contribution is 2.39. The Hall–Kier alpha value is -4.73. The van der Waals surface area contributed by atoms with Gasteiger partial charge in [-0.25, -0.2) is 9.40 Å². The number of hydrogen-bond acceptors (Lipinski definition) is 6. The second-order valence-electron chi connectivity index (χ2n) is 7.18. The van der Waals surface area contributed by atoms with E-state index in [4.69, 9.17) is 9.47 Å². The fraction of sp³-hybridized carbons (Fsp3) is 0.0833. The maximum atomic E-state index is 13.9. The number of amides is 2. The van der Waals surface area contributed by atoms with E-state index in [1.54, 1.807) is 36.4 Å². The van der Waals surface area contributed by atoms with Gasteiger partial charge in [-0.1, -0.05) is 36.4 Å². The minimum atomic E-state index is -0.686. The number of methoxy groups -OCH3 is 1. The van der Waals surface area contributed by atoms with Crippen molar-refractivity contribution in [3.63, 3.8) is 0 Å². The molecule has 172 valence electrons. The van der Waals surface area contributed by atoms with Crippen LogP contribution < -0.4 is 19.9 Å². The average Bonchev–Trinajstić information content (AvgIpc) is 3.12. The maximum Gasteiger partial charge on any atom is 0.315 e. The molecule has 0 spiro atoms. The number of halogens is 1. The standard InChI is InChI=1S/C24H18FN3O6/c1-33-21-13-15(11-18-23(29)26-27(24(18)30)17-8-3-2-4-9-17)12-20(28(31)32)22(21)34-14-16-7-5-6-10-19(16)25/h2-13H,14H2,1H3,(H,26,29). The van der Waals surface area contributed by atoms with E-state index in [0.29, 0.717) is 5.69 Å². The number of ether oxygens (including phenoxy) is 2. The van der Waals surface area contributed by atoms with Gasteiger partial charge in [-0.2, -0.15) is 0 Å². The third-order valence-corrected chi connectivity index (χ3v) is 5.02. The lowest BCUT2D eigenvalue weighted by Gasteiger charge is -2.14. The van der Waals surface area contributed by atoms with Crippen molar-refractivity contribution in [2.45, 2.75) is 6.61 Å². The number of anilines is 1. The third-order valence-electron chi connectivity index (χ3n) is 5.02. The zero-order chi connectivity index (χ0) is 24.2. The Labute approximate surface area is 193 Å². The van der Waals surface area contributed by atoms with Gasteiger partial charge in [0, 0.05) is 11.6 Å². The molecule has 10 heteroatoms. The average molecular weight is 463 g/mol. The molecule has 4 rings (SSSR count). The van der Waals surface area contributed by atoms with Crippen molar-refractivity contribution in [3.8, 4) is 11.5 Å². The minimum absolute atomic E-state index is 0.0110. The van der Waals surface area contributed by atoms with Crippen LogP contribution in [0.15, 0.2) is 72.3 Å². The molecule has 0 aromatic heterocycles. The van der Waals surface area contributed by atoms with E-state index in [-0.39, 0.29) is 34.8 Å². The van der Waals surface area contributed by atoms with E-state index in [2.05, 4.69) is 5.43 Å². The third kappa shape index (κ3) is 4.42. The number of hydrogen-bond donors (Lipinski definition) is 1. The molecule has 0 unspecified atom stereocenters. The first-order chi connectivity index (χ1) is 16.4. The molecule has 9 nitrogen and oxygen atoms in total. The monoisotopic (exact) mass is 463 g/mol. The van der Waals surface area contributed by atoms with Crippen LogP contribution in [0, 0.1) is 15.9 Å². The molecular weight excluding hydrogens is 445 g/mol. The summed E-state index contributed by atoms with van der Waals surface area (Å²) >= 11 is 0. The Morgan fingerprint density at radius 1 is 1.09 bits per heavy atom. The van der Waals surface area contributed by atoms with Crippen LogP contribution in [0.5, 0.6) is 11.5 Å². The molecule has 0 bridgehead atoms. The van der Waals surface area contributed by atoms with Crippen molar-refractivity contribution in [1.82, 2.24) is 5.43 Å². The molecule has 3 aromatic rings. The number of nitro benzene ring substituents is 1. The van der Waals surface area contributed by atoms with Gasteiger partial charge in [-0.15, -0.1) is 0 Å². The molecule has 1 heterocycles. The summed E-state index contributed by atoms with van der Waals surface area (Å²) in [5.41, 5.74) is 2.64. The molecule has 1 fully saturated rings. The number of nitrogens with zero attached hydrogens (tertiary/aromatic N) is 2. The lowest BCUT2D eigenvalue weighted by atomic mass is 10.1. The summed E-state index contributed by atoms with van der Waals surface area (Å²) in [6.07, 6.45) is 1.23. The molecular formula is C24H18FN3O6. The van der Waals surface area contributed by atoms with Crippen molar-refractivity contribution in [3.05, 3.63) is 99.4 Å². The van der Waals surface area contributed by atoms with Crippen LogP contribution in [-0.4, -0.2) is 23.8 Å². The van der Waals surface area contributed by atoms with Gasteiger partial charge in [-0.3, -0.25) is 25.1 Å². The fourth-order valence-electron chi connectivity index (χ4n) is 3.37. The zero-order valence-electron chi connectivity index (χ0n) is 17.9. The largest absolute Gasteiger partial charge is 0.493 e. The Morgan fingerprint density at radius 3 is 2.47 bits per heavy atom. The predicted molar refractivity (Wildman–Crippen MR) is 120 cm³/mol. The molecule has 3 aromatic carbocycles. The van der Waals surface area contributed by atoms with Gasteiger partial charge >= 0.3 is 5.69 Å². The normalized spacial score (nSPS) is 14.3. The molecule has 1 saturated heterocycles. The number of para-hydroxylation sites is 1. The van der Waals surface area contributed by atoms with Crippen LogP contribution >= 0.6 is 0 Å². The minimum Gasteiger partial charge on any atom is -0.493 e. The highest BCUT2D eigenvalue weighted by atomic mass is 19.1. The number of carbonyl (C=O) groups excluding carboxylic acids is 2. The van der Waals surface area contributed by atoms with Gasteiger partial charge < -0.3 is 9.47 Å². The van der Waals surface area contributed by atoms with Crippen molar-refractivity contribution in [2.75, 3.05) is 12.1 Å². The van der Waals surface area contributed by atoms with Crippen LogP contribution in [0.2, 0.25) is 0 Å². The van der Waals surface area contributed by atoms with Crippen molar-refractivity contribution in [2.24, 2.45) is 0 Å². The smallest absolute Gasteiger partial charge is 0.315 e. The lowest BCUT2D eigenvalue weighted by Crippen LogP contribution is -2.35. The summed E-state index contributed by atoms with van der Waals surface area (Å²) in [7, 11) is 1.29. The van der Waals surface area contributed by atoms with E-state index in [1.807, 2.05) is 0 Å². The molecule has 34 heavy (non-hydrogen) atoms. The molecule has 0 radical (unpaired) electrons. The lowest BCUT2D eigenvalue weighted by molar-refractivity contribution is -0.386. The van der Waals surface area contributed by atoms with Crippen LogP contribution in [0.25, 0.3) is 6.08 Å². The van der Waals surface area contributed by atoms with Gasteiger partial charge in [0.25, 0.3) is 11.8 Å². The first-order valence-corrected chi connectivity index (χ1v) is 10.0. The molecule has 1 N–H and O–H groups in total. The van der Waals surface area contributed by atoms with E-state index in [0.717, 1.165) is 11.1 Å². The summed E-state index contributed by atoms with van der Waals surface area (Å²) in [6, 6.07) is 16.9. The Balaban J connectivity index is 1.68. The van der Waals surface area contributed by atoms with E-state index in [1.165, 1.54) is 37.5 Å². The Kier molecular flexibility index (Phi) is 6.22. The highest BCUT2D eigenvalue weighted by molar-refractivity contribution is 6.31. The van der Waals surface area contributed by atoms with Crippen LogP contribution in [0.4, 0.5) is 15.8 Å². The molecule has 1 aliphatic rings. The second-order valence-corrected chi connectivity index (χ2v) is 7.18. The molecule has 1 aliphatic heterocycles.